The quantitative estimate of drug-likeness (QED) is 0.861. The van der Waals surface area contributed by atoms with Crippen LogP contribution in [0.2, 0.25) is 0 Å². The lowest BCUT2D eigenvalue weighted by molar-refractivity contribution is -0.138. The second-order valence-electron chi connectivity index (χ2n) is 4.40. The van der Waals surface area contributed by atoms with Crippen LogP contribution in [0.3, 0.4) is 0 Å². The molecular weight excluding hydrogens is 214 g/mol. The SMILES string of the molecule is Cc1cc(C(C)C(=O)O)nc2c(C)cccc12. The van der Waals surface area contributed by atoms with Gasteiger partial charge in [0.15, 0.2) is 0 Å². The van der Waals surface area contributed by atoms with E-state index in [-0.39, 0.29) is 0 Å². The van der Waals surface area contributed by atoms with Crippen LogP contribution < -0.4 is 0 Å². The maximum absolute atomic E-state index is 11.0. The van der Waals surface area contributed by atoms with E-state index in [1.54, 1.807) is 6.92 Å². The smallest absolute Gasteiger partial charge is 0.312 e. The van der Waals surface area contributed by atoms with Crippen molar-refractivity contribution in [2.45, 2.75) is 26.7 Å². The van der Waals surface area contributed by atoms with E-state index in [4.69, 9.17) is 5.11 Å². The molecule has 2 rings (SSSR count). The van der Waals surface area contributed by atoms with Crippen LogP contribution in [0.1, 0.15) is 29.7 Å². The second-order valence-corrected chi connectivity index (χ2v) is 4.40. The Balaban J connectivity index is 2.70. The summed E-state index contributed by atoms with van der Waals surface area (Å²) >= 11 is 0. The summed E-state index contributed by atoms with van der Waals surface area (Å²) in [6.45, 7) is 5.64. The highest BCUT2D eigenvalue weighted by Gasteiger charge is 2.16. The Labute approximate surface area is 100 Å². The van der Waals surface area contributed by atoms with E-state index >= 15 is 0 Å². The van der Waals surface area contributed by atoms with Crippen molar-refractivity contribution in [3.63, 3.8) is 0 Å². The van der Waals surface area contributed by atoms with Gasteiger partial charge in [0, 0.05) is 5.39 Å². The number of carboxylic acid groups (broad SMARTS) is 1. The molecule has 88 valence electrons. The predicted octanol–water partition coefficient (Wildman–Crippen LogP) is 3.04. The van der Waals surface area contributed by atoms with Gasteiger partial charge in [0.2, 0.25) is 0 Å². The minimum atomic E-state index is -0.843. The largest absolute Gasteiger partial charge is 0.481 e. The van der Waals surface area contributed by atoms with Gasteiger partial charge < -0.3 is 5.11 Å². The summed E-state index contributed by atoms with van der Waals surface area (Å²) in [5.74, 6) is -1.41. The number of carboxylic acids is 1. The maximum Gasteiger partial charge on any atom is 0.312 e. The van der Waals surface area contributed by atoms with Crippen LogP contribution in [0.15, 0.2) is 24.3 Å². The number of nitrogens with zero attached hydrogens (tertiary/aromatic N) is 1. The van der Waals surface area contributed by atoms with Crippen molar-refractivity contribution >= 4 is 16.9 Å². The van der Waals surface area contributed by atoms with E-state index in [0.717, 1.165) is 22.0 Å². The summed E-state index contributed by atoms with van der Waals surface area (Å²) in [4.78, 5) is 15.5. The van der Waals surface area contributed by atoms with Gasteiger partial charge in [-0.3, -0.25) is 9.78 Å². The minimum absolute atomic E-state index is 0.572. The van der Waals surface area contributed by atoms with Crippen LogP contribution in [0, 0.1) is 13.8 Å². The topological polar surface area (TPSA) is 50.2 Å². The molecule has 1 aromatic carbocycles. The zero-order chi connectivity index (χ0) is 12.6. The van der Waals surface area contributed by atoms with Gasteiger partial charge in [-0.2, -0.15) is 0 Å². The molecule has 0 saturated heterocycles. The Kier molecular flexibility index (Phi) is 2.84. The van der Waals surface area contributed by atoms with Gasteiger partial charge in [-0.25, -0.2) is 0 Å². The van der Waals surface area contributed by atoms with Crippen molar-refractivity contribution in [3.8, 4) is 0 Å². The van der Waals surface area contributed by atoms with Crippen molar-refractivity contribution < 1.29 is 9.90 Å². The number of aromatic nitrogens is 1. The first-order chi connectivity index (χ1) is 8.00. The Hall–Kier alpha value is -1.90. The Morgan fingerprint density at radius 2 is 2.00 bits per heavy atom. The fourth-order valence-electron chi connectivity index (χ4n) is 1.93. The number of carbonyl (C=O) groups is 1. The first-order valence-electron chi connectivity index (χ1n) is 5.60. The maximum atomic E-state index is 11.0. The zero-order valence-corrected chi connectivity index (χ0v) is 10.2. The van der Waals surface area contributed by atoms with Crippen LogP contribution in [0.5, 0.6) is 0 Å². The van der Waals surface area contributed by atoms with Crippen molar-refractivity contribution in [3.05, 3.63) is 41.1 Å². The number of pyridine rings is 1. The zero-order valence-electron chi connectivity index (χ0n) is 10.2. The van der Waals surface area contributed by atoms with E-state index in [1.807, 2.05) is 38.1 Å². The minimum Gasteiger partial charge on any atom is -0.481 e. The number of fused-ring (bicyclic) bond motifs is 1. The fourth-order valence-corrected chi connectivity index (χ4v) is 1.93. The van der Waals surface area contributed by atoms with Crippen LogP contribution >= 0.6 is 0 Å². The lowest BCUT2D eigenvalue weighted by Gasteiger charge is -2.11. The number of aryl methyl sites for hydroxylation is 2. The van der Waals surface area contributed by atoms with Gasteiger partial charge in [0.25, 0.3) is 0 Å². The number of para-hydroxylation sites is 1. The highest BCUT2D eigenvalue weighted by Crippen LogP contribution is 2.24. The van der Waals surface area contributed by atoms with Gasteiger partial charge in [0.05, 0.1) is 17.1 Å². The van der Waals surface area contributed by atoms with E-state index in [1.165, 1.54) is 0 Å². The third-order valence-electron chi connectivity index (χ3n) is 3.08. The highest BCUT2D eigenvalue weighted by molar-refractivity contribution is 5.86. The van der Waals surface area contributed by atoms with Crippen molar-refractivity contribution in [2.24, 2.45) is 0 Å². The van der Waals surface area contributed by atoms with Crippen molar-refractivity contribution in [2.75, 3.05) is 0 Å². The molecule has 1 N–H and O–H groups in total. The summed E-state index contributed by atoms with van der Waals surface area (Å²) < 4.78 is 0. The summed E-state index contributed by atoms with van der Waals surface area (Å²) in [5.41, 5.74) is 3.67. The summed E-state index contributed by atoms with van der Waals surface area (Å²) in [6.07, 6.45) is 0. The molecule has 0 fully saturated rings. The Bertz CT molecular complexity index is 590. The highest BCUT2D eigenvalue weighted by atomic mass is 16.4. The normalized spacial score (nSPS) is 12.6. The molecule has 0 aliphatic carbocycles. The van der Waals surface area contributed by atoms with Gasteiger partial charge >= 0.3 is 5.97 Å². The van der Waals surface area contributed by atoms with E-state index in [9.17, 15) is 4.79 Å². The molecule has 17 heavy (non-hydrogen) atoms. The first kappa shape index (κ1) is 11.6. The summed E-state index contributed by atoms with van der Waals surface area (Å²) in [5, 5.41) is 10.1. The molecule has 1 unspecified atom stereocenters. The van der Waals surface area contributed by atoms with Gasteiger partial charge in [0.1, 0.15) is 0 Å². The van der Waals surface area contributed by atoms with Gasteiger partial charge in [-0.05, 0) is 38.0 Å². The lowest BCUT2D eigenvalue weighted by atomic mass is 10.0. The average molecular weight is 229 g/mol. The van der Waals surface area contributed by atoms with E-state index in [2.05, 4.69) is 4.98 Å². The molecule has 0 radical (unpaired) electrons. The van der Waals surface area contributed by atoms with Crippen LogP contribution in [0.25, 0.3) is 10.9 Å². The number of aliphatic carboxylic acids is 1. The molecule has 3 heteroatoms. The Morgan fingerprint density at radius 3 is 2.65 bits per heavy atom. The van der Waals surface area contributed by atoms with Crippen molar-refractivity contribution in [1.29, 1.82) is 0 Å². The van der Waals surface area contributed by atoms with Gasteiger partial charge in [-0.1, -0.05) is 18.2 Å². The number of hydrogen-bond donors (Lipinski definition) is 1. The van der Waals surface area contributed by atoms with Crippen LogP contribution in [-0.4, -0.2) is 16.1 Å². The van der Waals surface area contributed by atoms with Gasteiger partial charge in [-0.15, -0.1) is 0 Å². The van der Waals surface area contributed by atoms with Crippen LogP contribution in [-0.2, 0) is 4.79 Å². The summed E-state index contributed by atoms with van der Waals surface area (Å²) in [7, 11) is 0. The molecule has 0 saturated carbocycles. The molecular formula is C14H15NO2. The Morgan fingerprint density at radius 1 is 1.29 bits per heavy atom. The molecule has 0 aliphatic heterocycles. The van der Waals surface area contributed by atoms with E-state index < -0.39 is 11.9 Å². The molecule has 0 spiro atoms. The molecule has 0 bridgehead atoms. The molecule has 3 nitrogen and oxygen atoms in total. The number of hydrogen-bond acceptors (Lipinski definition) is 2. The third-order valence-corrected chi connectivity index (χ3v) is 3.08. The fraction of sp³-hybridized carbons (Fsp3) is 0.286. The predicted molar refractivity (Wildman–Crippen MR) is 67.3 cm³/mol. The molecule has 0 amide bonds. The lowest BCUT2D eigenvalue weighted by Crippen LogP contribution is -2.09. The average Bonchev–Trinajstić information content (AvgIpc) is 2.29. The molecule has 1 aromatic heterocycles. The summed E-state index contributed by atoms with van der Waals surface area (Å²) in [6, 6.07) is 7.86. The third kappa shape index (κ3) is 2.00. The number of rotatable bonds is 2. The molecule has 2 aromatic rings. The van der Waals surface area contributed by atoms with Crippen molar-refractivity contribution in [1.82, 2.24) is 4.98 Å². The molecule has 1 atom stereocenters. The second kappa shape index (κ2) is 4.17. The number of benzene rings is 1. The first-order valence-corrected chi connectivity index (χ1v) is 5.60. The van der Waals surface area contributed by atoms with Crippen LogP contribution in [0.4, 0.5) is 0 Å². The molecule has 1 heterocycles. The standard InChI is InChI=1S/C14H15NO2/c1-8-5-4-6-11-9(2)7-12(15-13(8)11)10(3)14(16)17/h4-7,10H,1-3H3,(H,16,17). The molecule has 0 aliphatic rings. The van der Waals surface area contributed by atoms with E-state index in [0.29, 0.717) is 5.69 Å². The monoisotopic (exact) mass is 229 g/mol.